The van der Waals surface area contributed by atoms with Gasteiger partial charge >= 0.3 is 0 Å². The lowest BCUT2D eigenvalue weighted by Gasteiger charge is -2.17. The van der Waals surface area contributed by atoms with Crippen molar-refractivity contribution in [3.63, 3.8) is 0 Å². The van der Waals surface area contributed by atoms with Crippen LogP contribution in [0.3, 0.4) is 0 Å². The third kappa shape index (κ3) is 2.20. The van der Waals surface area contributed by atoms with Gasteiger partial charge in [-0.25, -0.2) is 4.98 Å². The van der Waals surface area contributed by atoms with Crippen LogP contribution in [0.5, 0.6) is 0 Å². The summed E-state index contributed by atoms with van der Waals surface area (Å²) in [5.74, 6) is -0.328. The van der Waals surface area contributed by atoms with Gasteiger partial charge in [0.15, 0.2) is 5.60 Å². The molecule has 0 radical (unpaired) electrons. The molecule has 110 valence electrons. The highest BCUT2D eigenvalue weighted by Gasteiger charge is 2.47. The first kappa shape index (κ1) is 14.0. The molecule has 2 aromatic heterocycles. The van der Waals surface area contributed by atoms with Crippen LogP contribution in [-0.4, -0.2) is 44.3 Å². The lowest BCUT2D eigenvalue weighted by Crippen LogP contribution is -2.36. The largest absolute Gasteiger partial charge is 0.374 e. The highest BCUT2D eigenvalue weighted by Crippen LogP contribution is 2.33. The minimum atomic E-state index is -1.55. The summed E-state index contributed by atoms with van der Waals surface area (Å²) in [5.41, 5.74) is 0.133. The van der Waals surface area contributed by atoms with Gasteiger partial charge in [0.2, 0.25) is 0 Å². The molecule has 3 heterocycles. The molecule has 1 N–H and O–H groups in total. The van der Waals surface area contributed by atoms with Gasteiger partial charge in [-0.3, -0.25) is 9.48 Å². The number of halogens is 1. The van der Waals surface area contributed by atoms with Crippen molar-refractivity contribution in [2.75, 3.05) is 13.6 Å². The summed E-state index contributed by atoms with van der Waals surface area (Å²) in [4.78, 5) is 17.9. The Bertz CT molecular complexity index is 715. The zero-order valence-corrected chi connectivity index (χ0v) is 12.5. The summed E-state index contributed by atoms with van der Waals surface area (Å²) in [7, 11) is 3.41. The fourth-order valence-electron chi connectivity index (χ4n) is 2.55. The first-order chi connectivity index (χ1) is 9.91. The molecule has 1 aliphatic rings. The molecule has 7 heteroatoms. The van der Waals surface area contributed by atoms with Gasteiger partial charge in [-0.15, -0.1) is 0 Å². The molecule has 0 spiro atoms. The Kier molecular flexibility index (Phi) is 3.22. The maximum atomic E-state index is 12.1. The normalized spacial score (nSPS) is 22.1. The standard InChI is InChI=1S/C14H15ClN4O2/c1-18-7-6-14(21,13(18)20)11-8-10(19(2)17-11)9-4-3-5-12(15)16-9/h3-5,8,21H,6-7H2,1-2H3. The Labute approximate surface area is 127 Å². The molecule has 1 saturated heterocycles. The topological polar surface area (TPSA) is 71.2 Å². The molecule has 1 unspecified atom stereocenters. The average molecular weight is 307 g/mol. The van der Waals surface area contributed by atoms with Gasteiger partial charge in [-0.2, -0.15) is 5.10 Å². The van der Waals surface area contributed by atoms with Crippen LogP contribution in [-0.2, 0) is 17.4 Å². The predicted octanol–water partition coefficient (Wildman–Crippen LogP) is 1.19. The molecule has 0 bridgehead atoms. The molecule has 3 rings (SSSR count). The number of nitrogens with zero attached hydrogens (tertiary/aromatic N) is 4. The molecular weight excluding hydrogens is 292 g/mol. The van der Waals surface area contributed by atoms with Gasteiger partial charge in [0, 0.05) is 27.1 Å². The van der Waals surface area contributed by atoms with E-state index in [9.17, 15) is 9.90 Å². The van der Waals surface area contributed by atoms with Crippen molar-refractivity contribution in [1.82, 2.24) is 19.7 Å². The van der Waals surface area contributed by atoms with Gasteiger partial charge in [0.05, 0.1) is 11.4 Å². The molecule has 0 aromatic carbocycles. The number of carbonyl (C=O) groups excluding carboxylic acids is 1. The van der Waals surface area contributed by atoms with Crippen LogP contribution >= 0.6 is 11.6 Å². The zero-order chi connectivity index (χ0) is 15.2. The van der Waals surface area contributed by atoms with Crippen molar-refractivity contribution in [1.29, 1.82) is 0 Å². The third-order valence-corrected chi connectivity index (χ3v) is 4.00. The molecular formula is C14H15ClN4O2. The summed E-state index contributed by atoms with van der Waals surface area (Å²) in [5, 5.41) is 15.3. The van der Waals surface area contributed by atoms with Gasteiger partial charge in [-0.1, -0.05) is 17.7 Å². The molecule has 2 aromatic rings. The first-order valence-corrected chi connectivity index (χ1v) is 6.95. The highest BCUT2D eigenvalue weighted by atomic mass is 35.5. The van der Waals surface area contributed by atoms with Crippen molar-refractivity contribution >= 4 is 17.5 Å². The number of hydrogen-bond donors (Lipinski definition) is 1. The van der Waals surface area contributed by atoms with Crippen molar-refractivity contribution in [3.05, 3.63) is 35.1 Å². The summed E-state index contributed by atoms with van der Waals surface area (Å²) < 4.78 is 1.59. The smallest absolute Gasteiger partial charge is 0.260 e. The van der Waals surface area contributed by atoms with Crippen LogP contribution in [0.4, 0.5) is 0 Å². The maximum Gasteiger partial charge on any atom is 0.260 e. The average Bonchev–Trinajstić information content (AvgIpc) is 2.96. The number of amides is 1. The number of likely N-dealkylation sites (N-methyl/N-ethyl adjacent to an activating group) is 1. The van der Waals surface area contributed by atoms with Crippen molar-refractivity contribution in [3.8, 4) is 11.4 Å². The quantitative estimate of drug-likeness (QED) is 0.846. The molecule has 1 aliphatic heterocycles. The van der Waals surface area contributed by atoms with Crippen LogP contribution in [0, 0.1) is 0 Å². The number of aromatic nitrogens is 3. The van der Waals surface area contributed by atoms with Crippen LogP contribution in [0.2, 0.25) is 5.15 Å². The fraction of sp³-hybridized carbons (Fsp3) is 0.357. The first-order valence-electron chi connectivity index (χ1n) is 6.57. The highest BCUT2D eigenvalue weighted by molar-refractivity contribution is 6.29. The van der Waals surface area contributed by atoms with E-state index in [0.29, 0.717) is 35.2 Å². The Morgan fingerprint density at radius 3 is 2.76 bits per heavy atom. The Balaban J connectivity index is 2.05. The minimum absolute atomic E-state index is 0.328. The number of likely N-dealkylation sites (tertiary alicyclic amines) is 1. The third-order valence-electron chi connectivity index (χ3n) is 3.79. The lowest BCUT2D eigenvalue weighted by atomic mass is 9.98. The molecule has 21 heavy (non-hydrogen) atoms. The second-order valence-electron chi connectivity index (χ2n) is 5.22. The van der Waals surface area contributed by atoms with E-state index in [4.69, 9.17) is 11.6 Å². The van der Waals surface area contributed by atoms with E-state index < -0.39 is 5.60 Å². The molecule has 1 fully saturated rings. The van der Waals surface area contributed by atoms with Gasteiger partial charge in [-0.05, 0) is 18.2 Å². The molecule has 1 atom stereocenters. The molecule has 0 aliphatic carbocycles. The SMILES string of the molecule is CN1CCC(O)(c2cc(-c3cccc(Cl)n3)n(C)n2)C1=O. The van der Waals surface area contributed by atoms with E-state index >= 15 is 0 Å². The molecule has 6 nitrogen and oxygen atoms in total. The second-order valence-corrected chi connectivity index (χ2v) is 5.61. The summed E-state index contributed by atoms with van der Waals surface area (Å²) in [6, 6.07) is 6.97. The van der Waals surface area contributed by atoms with E-state index in [0.717, 1.165) is 0 Å². The maximum absolute atomic E-state index is 12.1. The van der Waals surface area contributed by atoms with Gasteiger partial charge in [0.25, 0.3) is 5.91 Å². The van der Waals surface area contributed by atoms with E-state index in [1.807, 2.05) is 0 Å². The number of hydrogen-bond acceptors (Lipinski definition) is 4. The van der Waals surface area contributed by atoms with Crippen LogP contribution < -0.4 is 0 Å². The fourth-order valence-corrected chi connectivity index (χ4v) is 2.72. The van der Waals surface area contributed by atoms with E-state index in [2.05, 4.69) is 10.1 Å². The minimum Gasteiger partial charge on any atom is -0.374 e. The van der Waals surface area contributed by atoms with Crippen LogP contribution in [0.1, 0.15) is 12.1 Å². The summed E-state index contributed by atoms with van der Waals surface area (Å²) in [6.45, 7) is 0.511. The summed E-state index contributed by atoms with van der Waals surface area (Å²) >= 11 is 5.90. The number of aryl methyl sites for hydroxylation is 1. The Morgan fingerprint density at radius 1 is 1.38 bits per heavy atom. The molecule has 1 amide bonds. The zero-order valence-electron chi connectivity index (χ0n) is 11.7. The number of rotatable bonds is 2. The van der Waals surface area contributed by atoms with E-state index in [1.54, 1.807) is 43.0 Å². The van der Waals surface area contributed by atoms with E-state index in [1.165, 1.54) is 4.90 Å². The number of aliphatic hydroxyl groups is 1. The van der Waals surface area contributed by atoms with Crippen LogP contribution in [0.25, 0.3) is 11.4 Å². The Morgan fingerprint density at radius 2 is 2.14 bits per heavy atom. The van der Waals surface area contributed by atoms with E-state index in [-0.39, 0.29) is 5.91 Å². The number of carbonyl (C=O) groups is 1. The predicted molar refractivity (Wildman–Crippen MR) is 77.6 cm³/mol. The van der Waals surface area contributed by atoms with Gasteiger partial charge in [0.1, 0.15) is 10.8 Å². The monoisotopic (exact) mass is 306 g/mol. The van der Waals surface area contributed by atoms with Gasteiger partial charge < -0.3 is 10.0 Å². The number of pyridine rings is 1. The van der Waals surface area contributed by atoms with Crippen molar-refractivity contribution in [2.24, 2.45) is 7.05 Å². The van der Waals surface area contributed by atoms with Crippen LogP contribution in [0.15, 0.2) is 24.3 Å². The van der Waals surface area contributed by atoms with Crippen molar-refractivity contribution < 1.29 is 9.90 Å². The summed E-state index contributed by atoms with van der Waals surface area (Å²) in [6.07, 6.45) is 0.335. The second kappa shape index (κ2) is 4.82. The Hall–Kier alpha value is -1.92. The molecule has 0 saturated carbocycles. The van der Waals surface area contributed by atoms with Crippen molar-refractivity contribution in [2.45, 2.75) is 12.0 Å². The lowest BCUT2D eigenvalue weighted by molar-refractivity contribution is -0.143.